The highest BCUT2D eigenvalue weighted by Gasteiger charge is 2.04. The van der Waals surface area contributed by atoms with Crippen LogP contribution in [0.15, 0.2) is 18.2 Å². The van der Waals surface area contributed by atoms with E-state index in [1.165, 1.54) is 0 Å². The van der Waals surface area contributed by atoms with Crippen LogP contribution in [-0.2, 0) is 11.2 Å². The van der Waals surface area contributed by atoms with Crippen molar-refractivity contribution in [3.63, 3.8) is 0 Å². The molecule has 1 rings (SSSR count). The smallest absolute Gasteiger partial charge is 0.224 e. The number of nitrogens with one attached hydrogen (secondary N) is 1. The summed E-state index contributed by atoms with van der Waals surface area (Å²) in [6.45, 7) is 1.99. The maximum atomic E-state index is 11.3. The molecule has 0 spiro atoms. The molecule has 82 valence electrons. The summed E-state index contributed by atoms with van der Waals surface area (Å²) in [4.78, 5) is 11.3. The van der Waals surface area contributed by atoms with E-state index in [0.717, 1.165) is 11.1 Å². The number of rotatable bonds is 4. The van der Waals surface area contributed by atoms with Crippen LogP contribution in [0.1, 0.15) is 11.1 Å². The zero-order chi connectivity index (χ0) is 11.3. The maximum Gasteiger partial charge on any atom is 0.224 e. The molecule has 0 heterocycles. The van der Waals surface area contributed by atoms with Crippen LogP contribution in [0.5, 0.6) is 5.75 Å². The molecule has 0 aliphatic rings. The van der Waals surface area contributed by atoms with Gasteiger partial charge in [0.05, 0.1) is 13.0 Å². The van der Waals surface area contributed by atoms with Gasteiger partial charge in [0.2, 0.25) is 5.91 Å². The van der Waals surface area contributed by atoms with E-state index in [9.17, 15) is 9.90 Å². The van der Waals surface area contributed by atoms with Crippen molar-refractivity contribution in [2.24, 2.45) is 0 Å². The van der Waals surface area contributed by atoms with Crippen LogP contribution in [0.3, 0.4) is 0 Å². The number of benzene rings is 1. The molecule has 15 heavy (non-hydrogen) atoms. The number of phenols is 1. The molecule has 4 heteroatoms. The second-order valence-electron chi connectivity index (χ2n) is 3.37. The van der Waals surface area contributed by atoms with Crippen LogP contribution in [0.4, 0.5) is 0 Å². The number of aliphatic hydroxyl groups excluding tert-OH is 1. The van der Waals surface area contributed by atoms with Gasteiger partial charge in [0, 0.05) is 6.54 Å². The third-order valence-electron chi connectivity index (χ3n) is 2.07. The van der Waals surface area contributed by atoms with Crippen LogP contribution in [-0.4, -0.2) is 29.3 Å². The first-order valence-corrected chi connectivity index (χ1v) is 4.79. The Balaban J connectivity index is 2.57. The summed E-state index contributed by atoms with van der Waals surface area (Å²) in [7, 11) is 0. The van der Waals surface area contributed by atoms with Gasteiger partial charge in [-0.1, -0.05) is 12.1 Å². The lowest BCUT2D eigenvalue weighted by Gasteiger charge is -2.05. The van der Waals surface area contributed by atoms with Gasteiger partial charge < -0.3 is 15.5 Å². The van der Waals surface area contributed by atoms with E-state index >= 15 is 0 Å². The summed E-state index contributed by atoms with van der Waals surface area (Å²) in [5.74, 6) is 0.0368. The normalized spacial score (nSPS) is 10.0. The molecule has 0 atom stereocenters. The third-order valence-corrected chi connectivity index (χ3v) is 2.07. The Bertz CT molecular complexity index is 350. The second-order valence-corrected chi connectivity index (χ2v) is 3.37. The molecule has 0 saturated carbocycles. The van der Waals surface area contributed by atoms with Crippen molar-refractivity contribution in [2.45, 2.75) is 13.3 Å². The summed E-state index contributed by atoms with van der Waals surface area (Å²) in [5, 5.41) is 20.5. The first kappa shape index (κ1) is 11.5. The summed E-state index contributed by atoms with van der Waals surface area (Å²) < 4.78 is 0. The van der Waals surface area contributed by atoms with E-state index in [4.69, 9.17) is 5.11 Å². The van der Waals surface area contributed by atoms with Crippen molar-refractivity contribution in [3.05, 3.63) is 29.3 Å². The van der Waals surface area contributed by atoms with Crippen LogP contribution in [0.2, 0.25) is 0 Å². The molecule has 3 N–H and O–H groups in total. The summed E-state index contributed by atoms with van der Waals surface area (Å²) in [5.41, 5.74) is 1.54. The average molecular weight is 209 g/mol. The first-order chi connectivity index (χ1) is 7.13. The number of aryl methyl sites for hydroxylation is 1. The fourth-order valence-corrected chi connectivity index (χ4v) is 1.21. The summed E-state index contributed by atoms with van der Waals surface area (Å²) in [6, 6.07) is 5.14. The number of carbonyl (C=O) groups excluding carboxylic acids is 1. The van der Waals surface area contributed by atoms with Gasteiger partial charge in [-0.3, -0.25) is 4.79 Å². The predicted molar refractivity (Wildman–Crippen MR) is 56.6 cm³/mol. The van der Waals surface area contributed by atoms with Crippen molar-refractivity contribution in [1.29, 1.82) is 0 Å². The fourth-order valence-electron chi connectivity index (χ4n) is 1.21. The molecular weight excluding hydrogens is 194 g/mol. The predicted octanol–water partition coefficient (Wildman–Crippen LogP) is 0.352. The largest absolute Gasteiger partial charge is 0.508 e. The van der Waals surface area contributed by atoms with Crippen LogP contribution < -0.4 is 5.32 Å². The van der Waals surface area contributed by atoms with Crippen molar-refractivity contribution >= 4 is 5.91 Å². The molecule has 1 aromatic rings. The zero-order valence-corrected chi connectivity index (χ0v) is 8.66. The number of amides is 1. The highest BCUT2D eigenvalue weighted by atomic mass is 16.3. The minimum absolute atomic E-state index is 0.0646. The molecule has 4 nitrogen and oxygen atoms in total. The number of carbonyl (C=O) groups is 1. The van der Waals surface area contributed by atoms with Gasteiger partial charge >= 0.3 is 0 Å². The topological polar surface area (TPSA) is 69.6 Å². The molecule has 1 amide bonds. The van der Waals surface area contributed by atoms with Crippen molar-refractivity contribution in [3.8, 4) is 5.75 Å². The van der Waals surface area contributed by atoms with Crippen LogP contribution >= 0.6 is 0 Å². The Hall–Kier alpha value is -1.55. The third kappa shape index (κ3) is 3.59. The Morgan fingerprint density at radius 2 is 2.20 bits per heavy atom. The molecule has 0 radical (unpaired) electrons. The summed E-state index contributed by atoms with van der Waals surface area (Å²) >= 11 is 0. The van der Waals surface area contributed by atoms with E-state index in [-0.39, 0.29) is 31.2 Å². The fraction of sp³-hybridized carbons (Fsp3) is 0.364. The quantitative estimate of drug-likeness (QED) is 0.670. The van der Waals surface area contributed by atoms with Gasteiger partial charge in [-0.15, -0.1) is 0 Å². The molecule has 0 bridgehead atoms. The van der Waals surface area contributed by atoms with Crippen LogP contribution in [0, 0.1) is 6.92 Å². The first-order valence-electron chi connectivity index (χ1n) is 4.79. The van der Waals surface area contributed by atoms with Crippen molar-refractivity contribution < 1.29 is 15.0 Å². The Kier molecular flexibility index (Phi) is 4.12. The zero-order valence-electron chi connectivity index (χ0n) is 8.66. The Morgan fingerprint density at radius 1 is 1.47 bits per heavy atom. The lowest BCUT2D eigenvalue weighted by atomic mass is 10.1. The van der Waals surface area contributed by atoms with Gasteiger partial charge in [-0.05, 0) is 24.1 Å². The van der Waals surface area contributed by atoms with Gasteiger partial charge in [0.15, 0.2) is 0 Å². The number of hydrogen-bond donors (Lipinski definition) is 3. The number of aliphatic hydroxyl groups is 1. The molecule has 0 unspecified atom stereocenters. The van der Waals surface area contributed by atoms with Crippen molar-refractivity contribution in [2.75, 3.05) is 13.2 Å². The Morgan fingerprint density at radius 3 is 2.80 bits per heavy atom. The lowest BCUT2D eigenvalue weighted by Crippen LogP contribution is -2.27. The van der Waals surface area contributed by atoms with E-state index in [1.807, 2.05) is 0 Å². The van der Waals surface area contributed by atoms with E-state index in [0.29, 0.717) is 0 Å². The SMILES string of the molecule is Cc1ccc(CC(=O)NCCO)cc1O. The lowest BCUT2D eigenvalue weighted by molar-refractivity contribution is -0.120. The molecule has 0 fully saturated rings. The number of phenolic OH excluding ortho intramolecular Hbond substituents is 1. The second kappa shape index (κ2) is 5.36. The molecule has 0 aromatic heterocycles. The Labute approximate surface area is 88.6 Å². The number of hydrogen-bond acceptors (Lipinski definition) is 3. The molecule has 0 saturated heterocycles. The molecule has 0 aliphatic heterocycles. The van der Waals surface area contributed by atoms with Crippen molar-refractivity contribution in [1.82, 2.24) is 5.32 Å². The van der Waals surface area contributed by atoms with E-state index in [2.05, 4.69) is 5.32 Å². The number of aromatic hydroxyl groups is 1. The summed E-state index contributed by atoms with van der Waals surface area (Å²) in [6.07, 6.45) is 0.216. The minimum Gasteiger partial charge on any atom is -0.508 e. The highest BCUT2D eigenvalue weighted by molar-refractivity contribution is 5.78. The van der Waals surface area contributed by atoms with Gasteiger partial charge in [-0.2, -0.15) is 0 Å². The van der Waals surface area contributed by atoms with Gasteiger partial charge in [-0.25, -0.2) is 0 Å². The van der Waals surface area contributed by atoms with E-state index < -0.39 is 0 Å². The van der Waals surface area contributed by atoms with Gasteiger partial charge in [0.1, 0.15) is 5.75 Å². The van der Waals surface area contributed by atoms with E-state index in [1.54, 1.807) is 25.1 Å². The standard InChI is InChI=1S/C11H15NO3/c1-8-2-3-9(6-10(8)14)7-11(15)12-4-5-13/h2-3,6,13-14H,4-5,7H2,1H3,(H,12,15). The highest BCUT2D eigenvalue weighted by Crippen LogP contribution is 2.17. The monoisotopic (exact) mass is 209 g/mol. The average Bonchev–Trinajstić information content (AvgIpc) is 2.20. The molecule has 1 aromatic carbocycles. The molecule has 0 aliphatic carbocycles. The molecular formula is C11H15NO3. The van der Waals surface area contributed by atoms with Gasteiger partial charge in [0.25, 0.3) is 0 Å². The maximum absolute atomic E-state index is 11.3. The van der Waals surface area contributed by atoms with Crippen LogP contribution in [0.25, 0.3) is 0 Å². The minimum atomic E-state index is -0.160.